The molecule has 0 aliphatic carbocycles. The minimum absolute atomic E-state index is 0.0271. The molecule has 2 N–H and O–H groups in total. The molecule has 0 spiro atoms. The third kappa shape index (κ3) is 7.13. The van der Waals surface area contributed by atoms with Crippen LogP contribution >= 0.6 is 0 Å². The molecular weight excluding hydrogens is 430 g/mol. The lowest BCUT2D eigenvalue weighted by molar-refractivity contribution is -0.117. The van der Waals surface area contributed by atoms with Gasteiger partial charge in [0.2, 0.25) is 0 Å². The maximum atomic E-state index is 12.7. The van der Waals surface area contributed by atoms with Gasteiger partial charge in [-0.1, -0.05) is 72.8 Å². The summed E-state index contributed by atoms with van der Waals surface area (Å²) in [5.41, 5.74) is 4.87. The molecule has 2 amide bonds. The zero-order chi connectivity index (χ0) is 24.2. The number of allylic oxidation sites excluding steroid dienone is 2. The number of nitrogens with zero attached hydrogens (tertiary/aromatic N) is 1. The summed E-state index contributed by atoms with van der Waals surface area (Å²) in [6.45, 7) is 0. The summed E-state index contributed by atoms with van der Waals surface area (Å²) < 4.78 is 4.66. The molecule has 0 saturated carbocycles. The van der Waals surface area contributed by atoms with E-state index in [1.165, 1.54) is 19.4 Å². The number of carbonyl (C=O) groups is 3. The van der Waals surface area contributed by atoms with Crippen molar-refractivity contribution in [1.82, 2.24) is 10.7 Å². The standard InChI is InChI=1S/C27H23N3O4/c1-34-27(33)23-17-15-21(16-18-23)19-28-30-26(32)24(14-8-11-20-9-4-2-5-10-20)29-25(31)22-12-6-3-7-13-22/h2-19H,1H3,(H,29,31)(H,30,32)/b11-8+,24-14-,28-19+. The van der Waals surface area contributed by atoms with Gasteiger partial charge in [-0.3, -0.25) is 9.59 Å². The number of rotatable bonds is 8. The van der Waals surface area contributed by atoms with E-state index in [0.717, 1.165) is 5.56 Å². The Balaban J connectivity index is 1.72. The fourth-order valence-corrected chi connectivity index (χ4v) is 2.83. The predicted molar refractivity (Wildman–Crippen MR) is 131 cm³/mol. The van der Waals surface area contributed by atoms with Gasteiger partial charge >= 0.3 is 5.97 Å². The van der Waals surface area contributed by atoms with Gasteiger partial charge in [-0.25, -0.2) is 10.2 Å². The normalized spacial score (nSPS) is 11.4. The molecule has 0 aromatic heterocycles. The van der Waals surface area contributed by atoms with Gasteiger partial charge in [-0.05, 0) is 41.5 Å². The second-order valence-electron chi connectivity index (χ2n) is 6.98. The summed E-state index contributed by atoms with van der Waals surface area (Å²) in [5, 5.41) is 6.57. The van der Waals surface area contributed by atoms with Crippen LogP contribution in [0.25, 0.3) is 6.08 Å². The van der Waals surface area contributed by atoms with E-state index >= 15 is 0 Å². The van der Waals surface area contributed by atoms with Gasteiger partial charge in [-0.15, -0.1) is 0 Å². The number of ether oxygens (including phenoxy) is 1. The van der Waals surface area contributed by atoms with Crippen LogP contribution in [0.15, 0.2) is 108 Å². The quantitative estimate of drug-likeness (QED) is 0.177. The van der Waals surface area contributed by atoms with E-state index < -0.39 is 17.8 Å². The van der Waals surface area contributed by atoms with E-state index in [4.69, 9.17) is 0 Å². The molecule has 0 aliphatic heterocycles. The molecule has 0 saturated heterocycles. The summed E-state index contributed by atoms with van der Waals surface area (Å²) in [5.74, 6) is -1.45. The Kier molecular flexibility index (Phi) is 8.64. The Morgan fingerprint density at radius 3 is 2.09 bits per heavy atom. The average Bonchev–Trinajstić information content (AvgIpc) is 2.89. The van der Waals surface area contributed by atoms with Crippen molar-refractivity contribution >= 4 is 30.1 Å². The molecule has 3 aromatic rings. The molecule has 7 nitrogen and oxygen atoms in total. The summed E-state index contributed by atoms with van der Waals surface area (Å²) in [7, 11) is 1.31. The molecule has 3 rings (SSSR count). The topological polar surface area (TPSA) is 96.9 Å². The molecule has 3 aromatic carbocycles. The van der Waals surface area contributed by atoms with Gasteiger partial charge < -0.3 is 10.1 Å². The second-order valence-corrected chi connectivity index (χ2v) is 6.98. The lowest BCUT2D eigenvalue weighted by atomic mass is 10.1. The number of methoxy groups -OCH3 is 1. The molecule has 0 bridgehead atoms. The lowest BCUT2D eigenvalue weighted by Gasteiger charge is -2.08. The Morgan fingerprint density at radius 2 is 1.44 bits per heavy atom. The number of nitrogens with one attached hydrogen (secondary N) is 2. The number of benzene rings is 3. The van der Waals surface area contributed by atoms with Gasteiger partial charge in [0.25, 0.3) is 11.8 Å². The maximum Gasteiger partial charge on any atom is 0.337 e. The van der Waals surface area contributed by atoms with Crippen molar-refractivity contribution in [3.05, 3.63) is 125 Å². The van der Waals surface area contributed by atoms with Gasteiger partial charge in [0.15, 0.2) is 0 Å². The van der Waals surface area contributed by atoms with Crippen LogP contribution in [-0.4, -0.2) is 31.1 Å². The van der Waals surface area contributed by atoms with Crippen molar-refractivity contribution in [2.75, 3.05) is 7.11 Å². The fourth-order valence-electron chi connectivity index (χ4n) is 2.83. The molecule has 7 heteroatoms. The first-order chi connectivity index (χ1) is 16.6. The van der Waals surface area contributed by atoms with Crippen LogP contribution in [0.3, 0.4) is 0 Å². The molecule has 0 heterocycles. The molecular formula is C27H23N3O4. The molecule has 34 heavy (non-hydrogen) atoms. The first-order valence-corrected chi connectivity index (χ1v) is 10.4. The Hall–Kier alpha value is -4.78. The molecule has 0 fully saturated rings. The number of hydrogen-bond donors (Lipinski definition) is 2. The van der Waals surface area contributed by atoms with Gasteiger partial charge in [0, 0.05) is 5.56 Å². The van der Waals surface area contributed by atoms with Crippen LogP contribution in [-0.2, 0) is 9.53 Å². The highest BCUT2D eigenvalue weighted by Crippen LogP contribution is 2.05. The summed E-state index contributed by atoms with van der Waals surface area (Å²) >= 11 is 0. The number of amides is 2. The molecule has 0 aliphatic rings. The van der Waals surface area contributed by atoms with Crippen molar-refractivity contribution in [3.8, 4) is 0 Å². The fraction of sp³-hybridized carbons (Fsp3) is 0.0370. The van der Waals surface area contributed by atoms with Gasteiger partial charge in [0.1, 0.15) is 5.70 Å². The zero-order valence-electron chi connectivity index (χ0n) is 18.5. The van der Waals surface area contributed by atoms with Crippen LogP contribution in [0, 0.1) is 0 Å². The van der Waals surface area contributed by atoms with Crippen molar-refractivity contribution in [3.63, 3.8) is 0 Å². The van der Waals surface area contributed by atoms with Crippen LogP contribution in [0.4, 0.5) is 0 Å². The second kappa shape index (κ2) is 12.3. The van der Waals surface area contributed by atoms with Gasteiger partial charge in [-0.2, -0.15) is 5.10 Å². The van der Waals surface area contributed by atoms with Crippen LogP contribution in [0.5, 0.6) is 0 Å². The molecule has 170 valence electrons. The first kappa shape index (κ1) is 23.9. The van der Waals surface area contributed by atoms with Crippen molar-refractivity contribution in [2.24, 2.45) is 5.10 Å². The molecule has 0 atom stereocenters. The zero-order valence-corrected chi connectivity index (χ0v) is 18.5. The largest absolute Gasteiger partial charge is 0.465 e. The summed E-state index contributed by atoms with van der Waals surface area (Å²) in [6.07, 6.45) is 6.41. The minimum Gasteiger partial charge on any atom is -0.465 e. The summed E-state index contributed by atoms with van der Waals surface area (Å²) in [6, 6.07) is 24.7. The van der Waals surface area contributed by atoms with Gasteiger partial charge in [0.05, 0.1) is 18.9 Å². The van der Waals surface area contributed by atoms with E-state index in [-0.39, 0.29) is 5.70 Å². The number of hydrazone groups is 1. The Labute approximate surface area is 197 Å². The monoisotopic (exact) mass is 453 g/mol. The molecule has 0 radical (unpaired) electrons. The third-order valence-corrected chi connectivity index (χ3v) is 4.59. The Bertz CT molecular complexity index is 1220. The van der Waals surface area contributed by atoms with Crippen LogP contribution < -0.4 is 10.7 Å². The van der Waals surface area contributed by atoms with E-state index in [9.17, 15) is 14.4 Å². The number of esters is 1. The van der Waals surface area contributed by atoms with E-state index in [0.29, 0.717) is 16.7 Å². The third-order valence-electron chi connectivity index (χ3n) is 4.59. The SMILES string of the molecule is COC(=O)c1ccc(/C=N/NC(=O)/C(=C/C=C/c2ccccc2)NC(=O)c2ccccc2)cc1. The summed E-state index contributed by atoms with van der Waals surface area (Å²) in [4.78, 5) is 36.8. The van der Waals surface area contributed by atoms with Crippen molar-refractivity contribution in [2.45, 2.75) is 0 Å². The highest BCUT2D eigenvalue weighted by molar-refractivity contribution is 6.03. The average molecular weight is 453 g/mol. The predicted octanol–water partition coefficient (Wildman–Crippen LogP) is 3.95. The highest BCUT2D eigenvalue weighted by Gasteiger charge is 2.13. The minimum atomic E-state index is -0.593. The first-order valence-electron chi connectivity index (χ1n) is 10.4. The highest BCUT2D eigenvalue weighted by atomic mass is 16.5. The Morgan fingerprint density at radius 1 is 0.794 bits per heavy atom. The van der Waals surface area contributed by atoms with Crippen LogP contribution in [0.1, 0.15) is 31.8 Å². The molecule has 0 unspecified atom stereocenters. The number of hydrogen-bond acceptors (Lipinski definition) is 5. The van der Waals surface area contributed by atoms with Crippen molar-refractivity contribution in [1.29, 1.82) is 0 Å². The van der Waals surface area contributed by atoms with Crippen LogP contribution in [0.2, 0.25) is 0 Å². The van der Waals surface area contributed by atoms with E-state index in [1.54, 1.807) is 60.7 Å². The van der Waals surface area contributed by atoms with E-state index in [2.05, 4.69) is 20.6 Å². The van der Waals surface area contributed by atoms with Crippen molar-refractivity contribution < 1.29 is 19.1 Å². The maximum absolute atomic E-state index is 12.7. The number of carbonyl (C=O) groups excluding carboxylic acids is 3. The van der Waals surface area contributed by atoms with E-state index in [1.807, 2.05) is 36.4 Å². The smallest absolute Gasteiger partial charge is 0.337 e. The lowest BCUT2D eigenvalue weighted by Crippen LogP contribution is -2.32.